The van der Waals surface area contributed by atoms with E-state index in [2.05, 4.69) is 16.0 Å². The van der Waals surface area contributed by atoms with Gasteiger partial charge >= 0.3 is 0 Å². The fourth-order valence-electron chi connectivity index (χ4n) is 2.73. The van der Waals surface area contributed by atoms with Crippen molar-refractivity contribution in [1.29, 1.82) is 0 Å². The number of likely N-dealkylation sites (N-methyl/N-ethyl adjacent to an activating group) is 1. The number of carbonyl (C=O) groups is 2. The molecular formula is C22H29N3O4. The number of carbonyl (C=O) groups excluding carboxylic acids is 2. The molecule has 0 saturated carbocycles. The molecule has 0 aromatic heterocycles. The Balaban J connectivity index is 2.35. The van der Waals surface area contributed by atoms with Crippen LogP contribution in [0, 0.1) is 0 Å². The molecule has 7 heteroatoms. The molecule has 0 aliphatic heterocycles. The van der Waals surface area contributed by atoms with E-state index in [1.807, 2.05) is 26.8 Å². The van der Waals surface area contributed by atoms with Gasteiger partial charge in [-0.2, -0.15) is 0 Å². The molecule has 0 spiro atoms. The second kappa shape index (κ2) is 10.9. The maximum absolute atomic E-state index is 12.6. The zero-order valence-corrected chi connectivity index (χ0v) is 17.4. The first-order valence-corrected chi connectivity index (χ1v) is 9.84. The predicted octanol–water partition coefficient (Wildman–Crippen LogP) is 3.67. The van der Waals surface area contributed by atoms with Crippen LogP contribution >= 0.6 is 0 Å². The number of amides is 2. The summed E-state index contributed by atoms with van der Waals surface area (Å²) in [6.07, 6.45) is 0. The van der Waals surface area contributed by atoms with E-state index >= 15 is 0 Å². The van der Waals surface area contributed by atoms with Crippen molar-refractivity contribution in [3.63, 3.8) is 0 Å². The second-order valence-corrected chi connectivity index (χ2v) is 6.29. The monoisotopic (exact) mass is 399 g/mol. The molecule has 0 radical (unpaired) electrons. The number of nitrogens with one attached hydrogen (secondary N) is 3. The summed E-state index contributed by atoms with van der Waals surface area (Å²) in [5.41, 5.74) is 1.66. The van der Waals surface area contributed by atoms with E-state index in [0.717, 1.165) is 0 Å². The Morgan fingerprint density at radius 3 is 2.10 bits per heavy atom. The molecule has 0 bridgehead atoms. The maximum Gasteiger partial charge on any atom is 0.255 e. The van der Waals surface area contributed by atoms with Crippen molar-refractivity contribution >= 4 is 23.2 Å². The van der Waals surface area contributed by atoms with Crippen LogP contribution in [0.4, 0.5) is 11.4 Å². The van der Waals surface area contributed by atoms with Gasteiger partial charge in [0.2, 0.25) is 5.91 Å². The van der Waals surface area contributed by atoms with Crippen LogP contribution in [0.1, 0.15) is 38.1 Å². The Morgan fingerprint density at radius 2 is 1.52 bits per heavy atom. The van der Waals surface area contributed by atoms with Gasteiger partial charge < -0.3 is 25.4 Å². The van der Waals surface area contributed by atoms with Crippen molar-refractivity contribution in [3.8, 4) is 11.5 Å². The molecule has 7 nitrogen and oxygen atoms in total. The van der Waals surface area contributed by atoms with E-state index in [-0.39, 0.29) is 11.8 Å². The van der Waals surface area contributed by atoms with Crippen LogP contribution in [0.5, 0.6) is 11.5 Å². The molecule has 2 rings (SSSR count). The van der Waals surface area contributed by atoms with Crippen molar-refractivity contribution in [2.45, 2.75) is 33.7 Å². The van der Waals surface area contributed by atoms with Gasteiger partial charge in [0.05, 0.1) is 24.6 Å². The molecule has 0 fully saturated rings. The number of hydrogen-bond donors (Lipinski definition) is 3. The lowest BCUT2D eigenvalue weighted by molar-refractivity contribution is -0.121. The second-order valence-electron chi connectivity index (χ2n) is 6.29. The van der Waals surface area contributed by atoms with Gasteiger partial charge in [-0.25, -0.2) is 0 Å². The van der Waals surface area contributed by atoms with Gasteiger partial charge in [0.1, 0.15) is 17.5 Å². The number of hydrogen-bond acceptors (Lipinski definition) is 5. The van der Waals surface area contributed by atoms with E-state index in [4.69, 9.17) is 9.47 Å². The first kappa shape index (κ1) is 22.1. The maximum atomic E-state index is 12.6. The van der Waals surface area contributed by atoms with Crippen LogP contribution in [-0.2, 0) is 4.79 Å². The van der Waals surface area contributed by atoms with Crippen molar-refractivity contribution in [3.05, 3.63) is 48.0 Å². The van der Waals surface area contributed by atoms with Crippen LogP contribution < -0.4 is 25.4 Å². The van der Waals surface area contributed by atoms with Crippen molar-refractivity contribution in [2.75, 3.05) is 30.4 Å². The van der Waals surface area contributed by atoms with Gasteiger partial charge in [-0.15, -0.1) is 0 Å². The molecule has 0 aliphatic rings. The zero-order chi connectivity index (χ0) is 21.2. The summed E-state index contributed by atoms with van der Waals surface area (Å²) >= 11 is 0. The Kier molecular flexibility index (Phi) is 8.33. The minimum absolute atomic E-state index is 0.116. The summed E-state index contributed by atoms with van der Waals surface area (Å²) in [6.45, 7) is 8.79. The molecule has 1 atom stereocenters. The van der Waals surface area contributed by atoms with Crippen LogP contribution in [0.15, 0.2) is 42.5 Å². The summed E-state index contributed by atoms with van der Waals surface area (Å²) in [5.74, 6) is 0.654. The fourth-order valence-corrected chi connectivity index (χ4v) is 2.73. The average Bonchev–Trinajstić information content (AvgIpc) is 2.72. The highest BCUT2D eigenvalue weighted by Gasteiger charge is 2.18. The molecule has 29 heavy (non-hydrogen) atoms. The number of benzene rings is 2. The third-order valence-corrected chi connectivity index (χ3v) is 4.08. The fraction of sp³-hybridized carbons (Fsp3) is 0.364. The first-order chi connectivity index (χ1) is 14.0. The molecular weight excluding hydrogens is 370 g/mol. The summed E-state index contributed by atoms with van der Waals surface area (Å²) in [7, 11) is 0. The van der Waals surface area contributed by atoms with Crippen LogP contribution in [0.2, 0.25) is 0 Å². The highest BCUT2D eigenvalue weighted by Crippen LogP contribution is 2.37. The normalized spacial score (nSPS) is 11.3. The quantitative estimate of drug-likeness (QED) is 0.567. The largest absolute Gasteiger partial charge is 0.492 e. The minimum Gasteiger partial charge on any atom is -0.492 e. The lowest BCUT2D eigenvalue weighted by Gasteiger charge is -2.21. The minimum atomic E-state index is -0.464. The van der Waals surface area contributed by atoms with Gasteiger partial charge in [0.15, 0.2) is 0 Å². The Hall–Kier alpha value is -3.22. The Morgan fingerprint density at radius 1 is 0.931 bits per heavy atom. The van der Waals surface area contributed by atoms with Crippen molar-refractivity contribution < 1.29 is 19.1 Å². The molecule has 2 aromatic carbocycles. The Labute approximate surface area is 171 Å². The third-order valence-electron chi connectivity index (χ3n) is 4.08. The van der Waals surface area contributed by atoms with Gasteiger partial charge in [0, 0.05) is 24.2 Å². The average molecular weight is 399 g/mol. The van der Waals surface area contributed by atoms with E-state index < -0.39 is 6.04 Å². The number of rotatable bonds is 10. The van der Waals surface area contributed by atoms with Gasteiger partial charge in [-0.1, -0.05) is 18.2 Å². The smallest absolute Gasteiger partial charge is 0.255 e. The lowest BCUT2D eigenvalue weighted by atomic mass is 10.1. The van der Waals surface area contributed by atoms with Crippen LogP contribution in [-0.4, -0.2) is 37.6 Å². The van der Waals surface area contributed by atoms with Gasteiger partial charge in [0.25, 0.3) is 5.91 Å². The number of ether oxygens (including phenoxy) is 2. The molecule has 2 amide bonds. The van der Waals surface area contributed by atoms with Gasteiger partial charge in [-0.05, 0) is 39.8 Å². The van der Waals surface area contributed by atoms with E-state index in [1.165, 1.54) is 0 Å². The number of anilines is 2. The highest BCUT2D eigenvalue weighted by molar-refractivity contribution is 6.05. The topological polar surface area (TPSA) is 88.7 Å². The van der Waals surface area contributed by atoms with E-state index in [0.29, 0.717) is 48.2 Å². The predicted molar refractivity (Wildman–Crippen MR) is 115 cm³/mol. The molecule has 0 heterocycles. The van der Waals surface area contributed by atoms with Crippen molar-refractivity contribution in [1.82, 2.24) is 5.32 Å². The third kappa shape index (κ3) is 6.14. The van der Waals surface area contributed by atoms with Gasteiger partial charge in [-0.3, -0.25) is 9.59 Å². The summed E-state index contributed by atoms with van der Waals surface area (Å²) in [6, 6.07) is 11.9. The van der Waals surface area contributed by atoms with Crippen molar-refractivity contribution in [2.24, 2.45) is 0 Å². The van der Waals surface area contributed by atoms with E-state index in [9.17, 15) is 9.59 Å². The molecule has 2 aromatic rings. The molecule has 3 N–H and O–H groups in total. The summed E-state index contributed by atoms with van der Waals surface area (Å²) in [4.78, 5) is 24.7. The highest BCUT2D eigenvalue weighted by atomic mass is 16.5. The molecule has 156 valence electrons. The molecule has 0 saturated heterocycles. The summed E-state index contributed by atoms with van der Waals surface area (Å²) < 4.78 is 11.5. The first-order valence-electron chi connectivity index (χ1n) is 9.84. The van der Waals surface area contributed by atoms with Crippen LogP contribution in [0.3, 0.4) is 0 Å². The lowest BCUT2D eigenvalue weighted by Crippen LogP contribution is -2.37. The van der Waals surface area contributed by atoms with Crippen LogP contribution in [0.25, 0.3) is 0 Å². The SMILES string of the molecule is CCNC(=O)[C@@H](C)Nc1cc(OCC)c(NC(=O)c2ccccc2)cc1OCC. The Bertz CT molecular complexity index is 824. The standard InChI is InChI=1S/C22H29N3O4/c1-5-23-21(26)15(4)24-17-13-20(29-7-3)18(14-19(17)28-6-2)25-22(27)16-11-9-8-10-12-16/h8-15,24H,5-7H2,1-4H3,(H,23,26)(H,25,27)/t15-/m1/s1. The van der Waals surface area contributed by atoms with E-state index in [1.54, 1.807) is 43.3 Å². The summed E-state index contributed by atoms with van der Waals surface area (Å²) in [5, 5.41) is 8.83. The zero-order valence-electron chi connectivity index (χ0n) is 17.4. The molecule has 0 aliphatic carbocycles. The molecule has 0 unspecified atom stereocenters.